The number of ketones is 1. The van der Waals surface area contributed by atoms with Crippen LogP contribution in [0.3, 0.4) is 0 Å². The molecule has 0 radical (unpaired) electrons. The van der Waals surface area contributed by atoms with Gasteiger partial charge in [0.05, 0.1) is 22.5 Å². The van der Waals surface area contributed by atoms with Crippen LogP contribution in [-0.4, -0.2) is 31.4 Å². The van der Waals surface area contributed by atoms with E-state index in [4.69, 9.17) is 0 Å². The lowest BCUT2D eigenvalue weighted by Gasteiger charge is -2.39. The van der Waals surface area contributed by atoms with Crippen LogP contribution >= 0.6 is 11.3 Å². The number of anilines is 2. The Balaban J connectivity index is 1.46. The van der Waals surface area contributed by atoms with E-state index in [1.165, 1.54) is 17.7 Å². The van der Waals surface area contributed by atoms with E-state index in [0.717, 1.165) is 45.5 Å². The number of carbonyl (C=O) groups is 2. The van der Waals surface area contributed by atoms with Crippen molar-refractivity contribution in [3.05, 3.63) is 44.4 Å². The minimum atomic E-state index is -0.765. The van der Waals surface area contributed by atoms with Crippen molar-refractivity contribution in [2.24, 2.45) is 5.92 Å². The number of Topliss-reactive ketones (excluding diaryl/α,β-unsaturated/α-hetero) is 1. The predicted molar refractivity (Wildman–Crippen MR) is 120 cm³/mol. The maximum absolute atomic E-state index is 13.5. The van der Waals surface area contributed by atoms with Gasteiger partial charge in [0.25, 0.3) is 5.56 Å². The number of pyridine rings is 1. The second kappa shape index (κ2) is 6.71. The van der Waals surface area contributed by atoms with Crippen molar-refractivity contribution in [3.8, 4) is 0 Å². The van der Waals surface area contributed by atoms with E-state index >= 15 is 0 Å². The van der Waals surface area contributed by atoms with Crippen LogP contribution in [0, 0.1) is 12.8 Å². The third-order valence-corrected chi connectivity index (χ3v) is 8.51. The molecule has 8 nitrogen and oxygen atoms in total. The van der Waals surface area contributed by atoms with E-state index < -0.39 is 5.97 Å². The number of aromatic nitrogens is 3. The van der Waals surface area contributed by atoms with Gasteiger partial charge in [-0.25, -0.2) is 9.97 Å². The summed E-state index contributed by atoms with van der Waals surface area (Å²) in [6, 6.07) is 1.75. The number of rotatable bonds is 3. The summed E-state index contributed by atoms with van der Waals surface area (Å²) in [4.78, 5) is 48.3. The van der Waals surface area contributed by atoms with Gasteiger partial charge in [0.1, 0.15) is 22.7 Å². The molecule has 3 aromatic rings. The third kappa shape index (κ3) is 2.63. The molecule has 1 aliphatic heterocycles. The predicted octanol–water partition coefficient (Wildman–Crippen LogP) is 3.56. The van der Waals surface area contributed by atoms with Gasteiger partial charge in [-0.2, -0.15) is 0 Å². The number of nitrogens with one attached hydrogen (secondary N) is 1. The summed E-state index contributed by atoms with van der Waals surface area (Å²) in [5.41, 5.74) is 2.28. The number of hydrogen-bond acceptors (Lipinski definition) is 7. The second-order valence-electron chi connectivity index (χ2n) is 9.22. The summed E-state index contributed by atoms with van der Waals surface area (Å²) in [7, 11) is 0. The SMILES string of the molecule is Cc1cc(Nc2ncnc3sc4c(c23)CC[C@H](C(=O)O)C4)c(=O)n2c1C(=O)CC21CCC1. The molecule has 0 saturated heterocycles. The Kier molecular flexibility index (Phi) is 4.11. The van der Waals surface area contributed by atoms with Crippen LogP contribution in [0.4, 0.5) is 11.5 Å². The molecule has 164 valence electrons. The maximum atomic E-state index is 13.5. The molecule has 2 aliphatic carbocycles. The summed E-state index contributed by atoms with van der Waals surface area (Å²) >= 11 is 1.50. The molecule has 1 saturated carbocycles. The van der Waals surface area contributed by atoms with E-state index in [2.05, 4.69) is 15.3 Å². The highest BCUT2D eigenvalue weighted by atomic mass is 32.1. The molecule has 0 amide bonds. The quantitative estimate of drug-likeness (QED) is 0.627. The lowest BCUT2D eigenvalue weighted by molar-refractivity contribution is -0.142. The number of nitrogens with zero attached hydrogens (tertiary/aromatic N) is 3. The Morgan fingerprint density at radius 1 is 1.31 bits per heavy atom. The first-order chi connectivity index (χ1) is 15.4. The number of carbonyl (C=O) groups excluding carboxylic acids is 1. The molecule has 1 fully saturated rings. The van der Waals surface area contributed by atoms with Crippen LogP contribution in [0.5, 0.6) is 0 Å². The van der Waals surface area contributed by atoms with Crippen molar-refractivity contribution < 1.29 is 14.7 Å². The number of thiophene rings is 1. The van der Waals surface area contributed by atoms with Gasteiger partial charge >= 0.3 is 5.97 Å². The number of hydrogen-bond donors (Lipinski definition) is 2. The highest BCUT2D eigenvalue weighted by Crippen LogP contribution is 2.47. The number of carboxylic acids is 1. The van der Waals surface area contributed by atoms with Crippen molar-refractivity contribution >= 4 is 44.8 Å². The lowest BCUT2D eigenvalue weighted by atomic mass is 9.75. The van der Waals surface area contributed by atoms with E-state index in [1.54, 1.807) is 10.6 Å². The van der Waals surface area contributed by atoms with Crippen molar-refractivity contribution in [3.63, 3.8) is 0 Å². The Labute approximate surface area is 187 Å². The average molecular weight is 451 g/mol. The van der Waals surface area contributed by atoms with E-state index in [1.807, 2.05) is 6.92 Å². The molecule has 3 aromatic heterocycles. The fourth-order valence-electron chi connectivity index (χ4n) is 5.62. The van der Waals surface area contributed by atoms with Gasteiger partial charge in [0, 0.05) is 11.3 Å². The molecule has 1 spiro atoms. The highest BCUT2D eigenvalue weighted by Gasteiger charge is 2.49. The fourth-order valence-corrected chi connectivity index (χ4v) is 6.89. The zero-order chi connectivity index (χ0) is 22.2. The Morgan fingerprint density at radius 2 is 2.12 bits per heavy atom. The third-order valence-electron chi connectivity index (χ3n) is 7.35. The van der Waals surface area contributed by atoms with Crippen LogP contribution in [0.1, 0.15) is 58.6 Å². The Hall–Kier alpha value is -3.07. The van der Waals surface area contributed by atoms with Gasteiger partial charge in [-0.3, -0.25) is 19.0 Å². The van der Waals surface area contributed by atoms with Crippen LogP contribution < -0.4 is 10.9 Å². The minimum Gasteiger partial charge on any atom is -0.481 e. The van der Waals surface area contributed by atoms with Gasteiger partial charge < -0.3 is 10.4 Å². The monoisotopic (exact) mass is 450 g/mol. The molecule has 2 N–H and O–H groups in total. The first-order valence-electron chi connectivity index (χ1n) is 10.9. The average Bonchev–Trinajstić information content (AvgIpc) is 3.27. The first-order valence-corrected chi connectivity index (χ1v) is 11.7. The number of aryl methyl sites for hydroxylation is 2. The molecule has 0 unspecified atom stereocenters. The van der Waals surface area contributed by atoms with Crippen molar-refractivity contribution in [1.29, 1.82) is 0 Å². The van der Waals surface area contributed by atoms with Gasteiger partial charge in [0.15, 0.2) is 5.78 Å². The topological polar surface area (TPSA) is 114 Å². The number of fused-ring (bicyclic) bond motifs is 5. The summed E-state index contributed by atoms with van der Waals surface area (Å²) < 4.78 is 1.73. The normalized spacial score (nSPS) is 20.8. The standard InChI is InChI=1S/C23H22N4O4S/c1-11-7-14(21(29)27-18(11)15(28)9-23(27)5-2-6-23)26-19-17-13-4-3-12(22(30)31)8-16(13)32-20(17)25-10-24-19/h7,10,12H,2-6,8-9H2,1H3,(H,30,31)(H,24,25,26)/t12-/m0/s1. The number of carboxylic acid groups (broad SMARTS) is 1. The molecule has 32 heavy (non-hydrogen) atoms. The van der Waals surface area contributed by atoms with E-state index in [-0.39, 0.29) is 22.8 Å². The molecule has 0 bridgehead atoms. The summed E-state index contributed by atoms with van der Waals surface area (Å²) in [5, 5.41) is 13.5. The Morgan fingerprint density at radius 3 is 2.84 bits per heavy atom. The largest absolute Gasteiger partial charge is 0.481 e. The summed E-state index contributed by atoms with van der Waals surface area (Å²) in [6.07, 6.45) is 6.34. The van der Waals surface area contributed by atoms with Crippen molar-refractivity contribution in [1.82, 2.24) is 14.5 Å². The van der Waals surface area contributed by atoms with Gasteiger partial charge in [-0.05, 0) is 62.6 Å². The fraction of sp³-hybridized carbons (Fsp3) is 0.435. The van der Waals surface area contributed by atoms with Crippen LogP contribution in [0.2, 0.25) is 0 Å². The smallest absolute Gasteiger partial charge is 0.306 e. The molecule has 0 aromatic carbocycles. The van der Waals surface area contributed by atoms with Crippen LogP contribution in [-0.2, 0) is 23.2 Å². The first kappa shape index (κ1) is 19.6. The molecule has 9 heteroatoms. The zero-order valence-electron chi connectivity index (χ0n) is 17.6. The molecule has 4 heterocycles. The maximum Gasteiger partial charge on any atom is 0.306 e. The Bertz CT molecular complexity index is 1380. The summed E-state index contributed by atoms with van der Waals surface area (Å²) in [6.45, 7) is 1.88. The molecular weight excluding hydrogens is 428 g/mol. The zero-order valence-corrected chi connectivity index (χ0v) is 18.4. The number of aliphatic carboxylic acids is 1. The van der Waals surface area contributed by atoms with Crippen LogP contribution in [0.25, 0.3) is 10.2 Å². The molecule has 1 atom stereocenters. The minimum absolute atomic E-state index is 0.0511. The van der Waals surface area contributed by atoms with Crippen LogP contribution in [0.15, 0.2) is 17.2 Å². The van der Waals surface area contributed by atoms with Crippen molar-refractivity contribution in [2.75, 3.05) is 5.32 Å². The van der Waals surface area contributed by atoms with E-state index in [0.29, 0.717) is 42.9 Å². The summed E-state index contributed by atoms with van der Waals surface area (Å²) in [5.74, 6) is -0.528. The van der Waals surface area contributed by atoms with Gasteiger partial charge in [-0.1, -0.05) is 0 Å². The molecule has 3 aliphatic rings. The highest BCUT2D eigenvalue weighted by molar-refractivity contribution is 7.19. The molecular formula is C23H22N4O4S. The molecule has 6 rings (SSSR count). The lowest BCUT2D eigenvalue weighted by Crippen LogP contribution is -2.44. The van der Waals surface area contributed by atoms with Gasteiger partial charge in [-0.15, -0.1) is 11.3 Å². The van der Waals surface area contributed by atoms with E-state index in [9.17, 15) is 19.5 Å². The van der Waals surface area contributed by atoms with Gasteiger partial charge in [0.2, 0.25) is 0 Å². The second-order valence-corrected chi connectivity index (χ2v) is 10.3. The van der Waals surface area contributed by atoms with Crippen molar-refractivity contribution in [2.45, 2.75) is 57.4 Å².